The first-order valence-electron chi connectivity index (χ1n) is 10.3. The molecule has 1 fully saturated rings. The van der Waals surface area contributed by atoms with Gasteiger partial charge in [-0.15, -0.1) is 0 Å². The summed E-state index contributed by atoms with van der Waals surface area (Å²) in [5, 5.41) is 2.94. The summed E-state index contributed by atoms with van der Waals surface area (Å²) >= 11 is 0. The SMILES string of the molecule is COC(=O)[C@@H]1Cc2ccccc2CN1CC(=O)Nc1ccc(N2CCOCC2)cc1. The minimum atomic E-state index is -0.459. The van der Waals surface area contributed by atoms with Crippen LogP contribution in [0.2, 0.25) is 0 Å². The Balaban J connectivity index is 1.40. The van der Waals surface area contributed by atoms with Gasteiger partial charge in [-0.05, 0) is 41.8 Å². The average molecular weight is 409 g/mol. The number of benzene rings is 2. The third-order valence-corrected chi connectivity index (χ3v) is 5.69. The molecule has 0 radical (unpaired) electrons. The van der Waals surface area contributed by atoms with E-state index >= 15 is 0 Å². The van der Waals surface area contributed by atoms with Crippen molar-refractivity contribution in [2.24, 2.45) is 0 Å². The van der Waals surface area contributed by atoms with Crippen molar-refractivity contribution in [2.75, 3.05) is 50.2 Å². The number of fused-ring (bicyclic) bond motifs is 1. The van der Waals surface area contributed by atoms with E-state index in [1.54, 1.807) is 0 Å². The highest BCUT2D eigenvalue weighted by molar-refractivity contribution is 5.93. The van der Waals surface area contributed by atoms with Crippen LogP contribution in [0.4, 0.5) is 11.4 Å². The molecule has 1 atom stereocenters. The molecule has 0 unspecified atom stereocenters. The van der Waals surface area contributed by atoms with Crippen LogP contribution >= 0.6 is 0 Å². The normalized spacial score (nSPS) is 19.1. The maximum Gasteiger partial charge on any atom is 0.323 e. The van der Waals surface area contributed by atoms with Crippen LogP contribution in [-0.4, -0.2) is 62.8 Å². The lowest BCUT2D eigenvalue weighted by molar-refractivity contribution is -0.148. The molecule has 7 heteroatoms. The molecule has 0 aromatic heterocycles. The van der Waals surface area contributed by atoms with Gasteiger partial charge in [0.05, 0.1) is 26.9 Å². The van der Waals surface area contributed by atoms with E-state index < -0.39 is 6.04 Å². The molecule has 2 heterocycles. The molecule has 1 amide bonds. The van der Waals surface area contributed by atoms with Crippen molar-refractivity contribution in [2.45, 2.75) is 19.0 Å². The number of esters is 1. The van der Waals surface area contributed by atoms with Gasteiger partial charge in [-0.25, -0.2) is 0 Å². The largest absolute Gasteiger partial charge is 0.468 e. The predicted molar refractivity (Wildman–Crippen MR) is 114 cm³/mol. The summed E-state index contributed by atoms with van der Waals surface area (Å²) in [5.74, 6) is -0.463. The van der Waals surface area contributed by atoms with Gasteiger partial charge in [0.25, 0.3) is 0 Å². The van der Waals surface area contributed by atoms with Crippen molar-refractivity contribution in [1.29, 1.82) is 0 Å². The summed E-state index contributed by atoms with van der Waals surface area (Å²) in [5.41, 5.74) is 4.13. The molecule has 0 saturated carbocycles. The minimum Gasteiger partial charge on any atom is -0.468 e. The summed E-state index contributed by atoms with van der Waals surface area (Å²) in [6.45, 7) is 3.88. The van der Waals surface area contributed by atoms with E-state index in [1.807, 2.05) is 53.4 Å². The first-order valence-corrected chi connectivity index (χ1v) is 10.3. The first-order chi connectivity index (χ1) is 14.6. The summed E-state index contributed by atoms with van der Waals surface area (Å²) in [7, 11) is 1.39. The van der Waals surface area contributed by atoms with Crippen molar-refractivity contribution in [3.8, 4) is 0 Å². The fraction of sp³-hybridized carbons (Fsp3) is 0.391. The Bertz CT molecular complexity index is 894. The van der Waals surface area contributed by atoms with Crippen LogP contribution in [0, 0.1) is 0 Å². The van der Waals surface area contributed by atoms with Gasteiger partial charge in [-0.2, -0.15) is 0 Å². The molecule has 2 aliphatic heterocycles. The van der Waals surface area contributed by atoms with E-state index in [1.165, 1.54) is 7.11 Å². The van der Waals surface area contributed by atoms with Crippen LogP contribution < -0.4 is 10.2 Å². The average Bonchev–Trinajstić information content (AvgIpc) is 2.79. The molecule has 2 aliphatic rings. The fourth-order valence-electron chi connectivity index (χ4n) is 4.07. The molecule has 158 valence electrons. The molecular weight excluding hydrogens is 382 g/mol. The number of anilines is 2. The molecule has 0 spiro atoms. The van der Waals surface area contributed by atoms with Crippen molar-refractivity contribution in [1.82, 2.24) is 4.90 Å². The molecular formula is C23H27N3O4. The summed E-state index contributed by atoms with van der Waals surface area (Å²) in [6.07, 6.45) is 0.546. The number of hydrogen-bond acceptors (Lipinski definition) is 6. The van der Waals surface area contributed by atoms with Crippen molar-refractivity contribution >= 4 is 23.3 Å². The van der Waals surface area contributed by atoms with E-state index in [0.717, 1.165) is 48.8 Å². The molecule has 1 saturated heterocycles. The zero-order chi connectivity index (χ0) is 20.9. The highest BCUT2D eigenvalue weighted by atomic mass is 16.5. The van der Waals surface area contributed by atoms with E-state index in [9.17, 15) is 9.59 Å². The van der Waals surface area contributed by atoms with Gasteiger partial charge in [-0.3, -0.25) is 14.5 Å². The lowest BCUT2D eigenvalue weighted by Crippen LogP contribution is -2.49. The van der Waals surface area contributed by atoms with Gasteiger partial charge in [-0.1, -0.05) is 24.3 Å². The van der Waals surface area contributed by atoms with Crippen LogP contribution in [0.3, 0.4) is 0 Å². The second-order valence-electron chi connectivity index (χ2n) is 7.61. The third-order valence-electron chi connectivity index (χ3n) is 5.69. The lowest BCUT2D eigenvalue weighted by Gasteiger charge is -2.34. The number of nitrogens with one attached hydrogen (secondary N) is 1. The Morgan fingerprint density at radius 2 is 1.77 bits per heavy atom. The van der Waals surface area contributed by atoms with Crippen LogP contribution in [0.25, 0.3) is 0 Å². The van der Waals surface area contributed by atoms with Gasteiger partial charge >= 0.3 is 5.97 Å². The standard InChI is InChI=1S/C23H27N3O4/c1-29-23(28)21-14-17-4-2-3-5-18(17)15-26(21)16-22(27)24-19-6-8-20(9-7-19)25-10-12-30-13-11-25/h2-9,21H,10-16H2,1H3,(H,24,27)/t21-/m0/s1. The highest BCUT2D eigenvalue weighted by Crippen LogP contribution is 2.24. The second-order valence-corrected chi connectivity index (χ2v) is 7.61. The molecule has 0 bridgehead atoms. The third kappa shape index (κ3) is 4.63. The molecule has 30 heavy (non-hydrogen) atoms. The fourth-order valence-corrected chi connectivity index (χ4v) is 4.07. The van der Waals surface area contributed by atoms with Crippen molar-refractivity contribution < 1.29 is 19.1 Å². The predicted octanol–water partition coefficient (Wildman–Crippen LogP) is 2.06. The number of carbonyl (C=O) groups excluding carboxylic acids is 2. The summed E-state index contributed by atoms with van der Waals surface area (Å²) < 4.78 is 10.4. The number of morpholine rings is 1. The molecule has 7 nitrogen and oxygen atoms in total. The smallest absolute Gasteiger partial charge is 0.323 e. The monoisotopic (exact) mass is 409 g/mol. The number of hydrogen-bond donors (Lipinski definition) is 1. The molecule has 2 aromatic carbocycles. The van der Waals surface area contributed by atoms with Gasteiger partial charge in [0.15, 0.2) is 0 Å². The quantitative estimate of drug-likeness (QED) is 0.763. The zero-order valence-corrected chi connectivity index (χ0v) is 17.2. The van der Waals surface area contributed by atoms with Gasteiger partial charge in [0.1, 0.15) is 6.04 Å². The van der Waals surface area contributed by atoms with Gasteiger partial charge in [0, 0.05) is 31.0 Å². The van der Waals surface area contributed by atoms with E-state index in [0.29, 0.717) is 13.0 Å². The van der Waals surface area contributed by atoms with E-state index in [4.69, 9.17) is 9.47 Å². The summed E-state index contributed by atoms with van der Waals surface area (Å²) in [6, 6.07) is 15.4. The Morgan fingerprint density at radius 3 is 2.47 bits per heavy atom. The van der Waals surface area contributed by atoms with Gasteiger partial charge < -0.3 is 19.7 Å². The summed E-state index contributed by atoms with van der Waals surface area (Å²) in [4.78, 5) is 29.2. The highest BCUT2D eigenvalue weighted by Gasteiger charge is 2.33. The number of ether oxygens (including phenoxy) is 2. The maximum absolute atomic E-state index is 12.7. The maximum atomic E-state index is 12.7. The first kappa shape index (κ1) is 20.4. The van der Waals surface area contributed by atoms with E-state index in [2.05, 4.69) is 10.2 Å². The minimum absolute atomic E-state index is 0.124. The van der Waals surface area contributed by atoms with Crippen molar-refractivity contribution in [3.63, 3.8) is 0 Å². The van der Waals surface area contributed by atoms with Crippen LogP contribution in [0.5, 0.6) is 0 Å². The zero-order valence-electron chi connectivity index (χ0n) is 17.2. The number of methoxy groups -OCH3 is 1. The Labute approximate surface area is 176 Å². The Kier molecular flexibility index (Phi) is 6.30. The van der Waals surface area contributed by atoms with Crippen LogP contribution in [0.1, 0.15) is 11.1 Å². The number of nitrogens with zero attached hydrogens (tertiary/aromatic N) is 2. The lowest BCUT2D eigenvalue weighted by atomic mass is 9.94. The van der Waals surface area contributed by atoms with Crippen LogP contribution in [0.15, 0.2) is 48.5 Å². The Morgan fingerprint density at radius 1 is 1.07 bits per heavy atom. The Hall–Kier alpha value is -2.90. The molecule has 0 aliphatic carbocycles. The van der Waals surface area contributed by atoms with Crippen LogP contribution in [-0.2, 0) is 32.0 Å². The van der Waals surface area contributed by atoms with E-state index in [-0.39, 0.29) is 18.4 Å². The number of rotatable bonds is 5. The number of carbonyl (C=O) groups is 2. The topological polar surface area (TPSA) is 71.1 Å². The van der Waals surface area contributed by atoms with Crippen molar-refractivity contribution in [3.05, 3.63) is 59.7 Å². The second kappa shape index (κ2) is 9.28. The number of amides is 1. The van der Waals surface area contributed by atoms with Gasteiger partial charge in [0.2, 0.25) is 5.91 Å². The molecule has 4 rings (SSSR count). The molecule has 1 N–H and O–H groups in total. The molecule has 2 aromatic rings.